The van der Waals surface area contributed by atoms with Crippen LogP contribution in [0.5, 0.6) is 0 Å². The van der Waals surface area contributed by atoms with Gasteiger partial charge in [-0.3, -0.25) is 14.3 Å². The predicted molar refractivity (Wildman–Crippen MR) is 115 cm³/mol. The first-order valence-electron chi connectivity index (χ1n) is 8.57. The van der Waals surface area contributed by atoms with Gasteiger partial charge in [-0.1, -0.05) is 29.3 Å². The quantitative estimate of drug-likeness (QED) is 0.431. The van der Waals surface area contributed by atoms with E-state index in [1.165, 1.54) is 10.6 Å². The van der Waals surface area contributed by atoms with Crippen LogP contribution < -0.4 is 5.56 Å². The first-order chi connectivity index (χ1) is 14.1. The molecule has 5 nitrogen and oxygen atoms in total. The van der Waals surface area contributed by atoms with Gasteiger partial charge in [0.1, 0.15) is 11.7 Å². The summed E-state index contributed by atoms with van der Waals surface area (Å²) in [5, 5.41) is 11.1. The second-order valence-corrected chi connectivity index (χ2v) is 7.04. The highest BCUT2D eigenvalue weighted by atomic mass is 35.5. The third-order valence-electron chi connectivity index (χ3n) is 4.26. The SMILES string of the molecule is N#CC(=Cc1cc2cccnc2n(-c2cc(Cl)cc(Cl)c2)c1=O)c1ccccn1. The van der Waals surface area contributed by atoms with Gasteiger partial charge in [0.15, 0.2) is 0 Å². The molecule has 0 amide bonds. The smallest absolute Gasteiger partial charge is 0.264 e. The fourth-order valence-corrected chi connectivity index (χ4v) is 3.53. The van der Waals surface area contributed by atoms with E-state index in [1.807, 2.05) is 6.07 Å². The lowest BCUT2D eigenvalue weighted by Crippen LogP contribution is -2.21. The van der Waals surface area contributed by atoms with Crippen molar-refractivity contribution in [1.29, 1.82) is 5.26 Å². The van der Waals surface area contributed by atoms with E-state index in [4.69, 9.17) is 23.2 Å². The molecular formula is C22H12Cl2N4O. The van der Waals surface area contributed by atoms with Crippen molar-refractivity contribution in [2.24, 2.45) is 0 Å². The molecule has 0 atom stereocenters. The van der Waals surface area contributed by atoms with E-state index in [-0.39, 0.29) is 11.1 Å². The standard InChI is InChI=1S/C22H12Cl2N4O/c23-17-10-18(24)12-19(11-17)28-21-14(4-3-7-27-21)8-15(22(28)29)9-16(13-25)20-5-1-2-6-26-20/h1-12H. The van der Waals surface area contributed by atoms with E-state index in [9.17, 15) is 10.1 Å². The Kier molecular flexibility index (Phi) is 5.13. The molecule has 0 fully saturated rings. The molecule has 0 aliphatic heterocycles. The summed E-state index contributed by atoms with van der Waals surface area (Å²) < 4.78 is 1.44. The maximum atomic E-state index is 13.4. The van der Waals surface area contributed by atoms with Gasteiger partial charge >= 0.3 is 0 Å². The van der Waals surface area contributed by atoms with Crippen molar-refractivity contribution in [2.45, 2.75) is 0 Å². The molecule has 0 bridgehead atoms. The van der Waals surface area contributed by atoms with Gasteiger partial charge in [0.25, 0.3) is 5.56 Å². The number of pyridine rings is 3. The van der Waals surface area contributed by atoms with Crippen LogP contribution in [0.2, 0.25) is 10.0 Å². The number of allylic oxidation sites excluding steroid dienone is 1. The molecule has 3 aromatic heterocycles. The van der Waals surface area contributed by atoms with Crippen LogP contribution in [0.4, 0.5) is 0 Å². The summed E-state index contributed by atoms with van der Waals surface area (Å²) in [4.78, 5) is 21.9. The Morgan fingerprint density at radius 1 is 1.00 bits per heavy atom. The van der Waals surface area contributed by atoms with Crippen molar-refractivity contribution < 1.29 is 0 Å². The Morgan fingerprint density at radius 3 is 2.45 bits per heavy atom. The van der Waals surface area contributed by atoms with Gasteiger partial charge in [0.05, 0.1) is 17.0 Å². The highest BCUT2D eigenvalue weighted by molar-refractivity contribution is 6.34. The van der Waals surface area contributed by atoms with Crippen LogP contribution in [0.25, 0.3) is 28.4 Å². The van der Waals surface area contributed by atoms with Crippen molar-refractivity contribution in [3.05, 3.63) is 98.6 Å². The topological polar surface area (TPSA) is 71.6 Å². The molecule has 4 aromatic rings. The normalized spacial score (nSPS) is 11.4. The minimum absolute atomic E-state index is 0.279. The largest absolute Gasteiger partial charge is 0.268 e. The van der Waals surface area contributed by atoms with Crippen LogP contribution >= 0.6 is 23.2 Å². The fraction of sp³-hybridized carbons (Fsp3) is 0. The summed E-state index contributed by atoms with van der Waals surface area (Å²) in [6.07, 6.45) is 4.73. The Balaban J connectivity index is 2.03. The molecule has 1 aromatic carbocycles. The maximum absolute atomic E-state index is 13.4. The number of aromatic nitrogens is 3. The zero-order valence-electron chi connectivity index (χ0n) is 14.9. The van der Waals surface area contributed by atoms with Gasteiger partial charge in [-0.2, -0.15) is 5.26 Å². The van der Waals surface area contributed by atoms with E-state index in [1.54, 1.807) is 60.9 Å². The molecule has 4 rings (SSSR count). The number of nitrogens with zero attached hydrogens (tertiary/aromatic N) is 4. The monoisotopic (exact) mass is 418 g/mol. The number of halogens is 2. The van der Waals surface area contributed by atoms with Crippen molar-refractivity contribution in [3.8, 4) is 11.8 Å². The first-order valence-corrected chi connectivity index (χ1v) is 9.33. The van der Waals surface area contributed by atoms with Crippen LogP contribution in [-0.2, 0) is 0 Å². The fourth-order valence-electron chi connectivity index (χ4n) is 3.02. The average Bonchev–Trinajstić information content (AvgIpc) is 2.72. The van der Waals surface area contributed by atoms with Crippen LogP contribution in [0, 0.1) is 11.3 Å². The first kappa shape index (κ1) is 18.9. The van der Waals surface area contributed by atoms with Crippen molar-refractivity contribution in [3.63, 3.8) is 0 Å². The second kappa shape index (κ2) is 7.88. The average molecular weight is 419 g/mol. The molecule has 7 heteroatoms. The number of benzene rings is 1. The van der Waals surface area contributed by atoms with Crippen molar-refractivity contribution >= 4 is 45.9 Å². The number of hydrogen-bond donors (Lipinski definition) is 0. The van der Waals surface area contributed by atoms with Gasteiger partial charge in [0.2, 0.25) is 0 Å². The van der Waals surface area contributed by atoms with Gasteiger partial charge in [0, 0.05) is 33.4 Å². The van der Waals surface area contributed by atoms with Crippen LogP contribution in [0.1, 0.15) is 11.3 Å². The molecule has 0 aliphatic rings. The van der Waals surface area contributed by atoms with Crippen molar-refractivity contribution in [2.75, 3.05) is 0 Å². The number of hydrogen-bond acceptors (Lipinski definition) is 4. The molecule has 0 saturated carbocycles. The molecule has 0 N–H and O–H groups in total. The number of rotatable bonds is 3. The molecule has 0 aliphatic carbocycles. The van der Waals surface area contributed by atoms with Gasteiger partial charge in [-0.05, 0) is 54.6 Å². The zero-order valence-corrected chi connectivity index (χ0v) is 16.4. The Morgan fingerprint density at radius 2 is 1.76 bits per heavy atom. The summed E-state index contributed by atoms with van der Waals surface area (Å²) in [6.45, 7) is 0. The van der Waals surface area contributed by atoms with E-state index in [0.717, 1.165) is 5.39 Å². The third-order valence-corrected chi connectivity index (χ3v) is 4.69. The molecule has 0 unspecified atom stereocenters. The number of nitriles is 1. The molecule has 0 saturated heterocycles. The third kappa shape index (κ3) is 3.77. The molecule has 140 valence electrons. The summed E-state index contributed by atoms with van der Waals surface area (Å²) in [6, 6.07) is 17.6. The molecule has 0 spiro atoms. The summed E-state index contributed by atoms with van der Waals surface area (Å²) in [5.41, 5.74) is 1.69. The van der Waals surface area contributed by atoms with E-state index >= 15 is 0 Å². The van der Waals surface area contributed by atoms with Gasteiger partial charge in [-0.25, -0.2) is 4.98 Å². The highest BCUT2D eigenvalue weighted by Gasteiger charge is 2.13. The van der Waals surface area contributed by atoms with Crippen LogP contribution in [-0.4, -0.2) is 14.5 Å². The summed E-state index contributed by atoms with van der Waals surface area (Å²) >= 11 is 12.3. The van der Waals surface area contributed by atoms with E-state index < -0.39 is 0 Å². The molecule has 29 heavy (non-hydrogen) atoms. The molecular weight excluding hydrogens is 407 g/mol. The van der Waals surface area contributed by atoms with Crippen molar-refractivity contribution in [1.82, 2.24) is 14.5 Å². The summed E-state index contributed by atoms with van der Waals surface area (Å²) in [5.74, 6) is 0. The van der Waals surface area contributed by atoms with Gasteiger partial charge < -0.3 is 0 Å². The number of fused-ring (bicyclic) bond motifs is 1. The van der Waals surface area contributed by atoms with Gasteiger partial charge in [-0.15, -0.1) is 0 Å². The second-order valence-electron chi connectivity index (χ2n) is 6.17. The Hall–Kier alpha value is -3.46. The maximum Gasteiger partial charge on any atom is 0.264 e. The lowest BCUT2D eigenvalue weighted by atomic mass is 10.1. The molecule has 3 heterocycles. The summed E-state index contributed by atoms with van der Waals surface area (Å²) in [7, 11) is 0. The highest BCUT2D eigenvalue weighted by Crippen LogP contribution is 2.24. The predicted octanol–water partition coefficient (Wildman–Crippen LogP) is 5.15. The van der Waals surface area contributed by atoms with E-state index in [0.29, 0.717) is 32.6 Å². The Bertz CT molecular complexity index is 1330. The minimum atomic E-state index is -0.349. The minimum Gasteiger partial charge on any atom is -0.268 e. The lowest BCUT2D eigenvalue weighted by Gasteiger charge is -2.12. The van der Waals surface area contributed by atoms with Crippen LogP contribution in [0.15, 0.2) is 71.8 Å². The van der Waals surface area contributed by atoms with Crippen LogP contribution in [0.3, 0.4) is 0 Å². The lowest BCUT2D eigenvalue weighted by molar-refractivity contribution is 1.01. The zero-order chi connectivity index (χ0) is 20.4. The van der Waals surface area contributed by atoms with E-state index in [2.05, 4.69) is 16.0 Å². The molecule has 0 radical (unpaired) electrons. The Labute approximate surface area is 176 Å².